The molecule has 36 heavy (non-hydrogen) atoms. The van der Waals surface area contributed by atoms with Crippen molar-refractivity contribution in [2.45, 2.75) is 13.5 Å². The molecule has 4 aromatic rings. The molecular weight excluding hydrogens is 483 g/mol. The number of imide groups is 1. The number of aromatic nitrogens is 2. The number of hydrogen-bond donors (Lipinski definition) is 2. The van der Waals surface area contributed by atoms with Gasteiger partial charge in [-0.15, -0.1) is 0 Å². The molecule has 3 amide bonds. The molecule has 3 aromatic carbocycles. The lowest BCUT2D eigenvalue weighted by Gasteiger charge is -2.11. The average Bonchev–Trinajstić information content (AvgIpc) is 3.31. The molecule has 7 nitrogen and oxygen atoms in total. The van der Waals surface area contributed by atoms with Crippen LogP contribution in [0.5, 0.6) is 0 Å². The highest BCUT2D eigenvalue weighted by Gasteiger charge is 2.34. The molecule has 0 atom stereocenters. The monoisotopic (exact) mass is 502 g/mol. The van der Waals surface area contributed by atoms with E-state index in [9.17, 15) is 18.8 Å². The molecule has 1 fully saturated rings. The van der Waals surface area contributed by atoms with Gasteiger partial charge in [-0.25, -0.2) is 13.9 Å². The molecule has 1 aliphatic rings. The van der Waals surface area contributed by atoms with Crippen molar-refractivity contribution in [3.05, 3.63) is 116 Å². The van der Waals surface area contributed by atoms with Gasteiger partial charge in [0, 0.05) is 10.6 Å². The normalized spacial score (nSPS) is 14.5. The van der Waals surface area contributed by atoms with Gasteiger partial charge < -0.3 is 5.32 Å². The predicted molar refractivity (Wildman–Crippen MR) is 135 cm³/mol. The summed E-state index contributed by atoms with van der Waals surface area (Å²) in [5.74, 6) is -1.08. The third kappa shape index (κ3) is 4.34. The van der Waals surface area contributed by atoms with E-state index in [-0.39, 0.29) is 17.8 Å². The highest BCUT2D eigenvalue weighted by Crippen LogP contribution is 2.26. The topological polar surface area (TPSA) is 87.2 Å². The number of hydrogen-bond acceptors (Lipinski definition) is 3. The molecule has 5 rings (SSSR count). The largest absolute Gasteiger partial charge is 0.329 e. The van der Waals surface area contributed by atoms with Crippen molar-refractivity contribution in [2.75, 3.05) is 0 Å². The zero-order valence-corrected chi connectivity index (χ0v) is 19.8. The highest BCUT2D eigenvalue weighted by atomic mass is 35.5. The third-order valence-electron chi connectivity index (χ3n) is 5.90. The van der Waals surface area contributed by atoms with Crippen LogP contribution in [0.15, 0.2) is 83.3 Å². The minimum absolute atomic E-state index is 0.0559. The zero-order chi connectivity index (χ0) is 25.4. The molecule has 1 saturated heterocycles. The van der Waals surface area contributed by atoms with E-state index < -0.39 is 23.3 Å². The number of aromatic amines is 1. The fourth-order valence-electron chi connectivity index (χ4n) is 4.08. The fraction of sp³-hybridized carbons (Fsp3) is 0.0741. The van der Waals surface area contributed by atoms with E-state index >= 15 is 0 Å². The number of urea groups is 1. The Kier molecular flexibility index (Phi) is 6.03. The van der Waals surface area contributed by atoms with Crippen molar-refractivity contribution in [3.63, 3.8) is 0 Å². The van der Waals surface area contributed by atoms with Crippen molar-refractivity contribution in [1.29, 1.82) is 0 Å². The summed E-state index contributed by atoms with van der Waals surface area (Å²) in [4.78, 5) is 40.2. The summed E-state index contributed by atoms with van der Waals surface area (Å²) in [5, 5.41) is 6.20. The van der Waals surface area contributed by atoms with Crippen LogP contribution in [0.3, 0.4) is 0 Å². The summed E-state index contributed by atoms with van der Waals surface area (Å²) >= 11 is 6.05. The molecule has 0 radical (unpaired) electrons. The number of amides is 3. The average molecular weight is 503 g/mol. The van der Waals surface area contributed by atoms with Gasteiger partial charge in [0.2, 0.25) is 0 Å². The number of rotatable bonds is 5. The van der Waals surface area contributed by atoms with E-state index in [2.05, 4.69) is 10.4 Å². The Morgan fingerprint density at radius 1 is 0.972 bits per heavy atom. The van der Waals surface area contributed by atoms with Crippen LogP contribution in [0.2, 0.25) is 5.02 Å². The van der Waals surface area contributed by atoms with Crippen LogP contribution in [0.4, 0.5) is 9.18 Å². The number of halogens is 2. The van der Waals surface area contributed by atoms with Gasteiger partial charge in [0.25, 0.3) is 11.5 Å². The molecule has 1 aromatic heterocycles. The Balaban J connectivity index is 1.59. The lowest BCUT2D eigenvalue weighted by Crippen LogP contribution is -2.30. The molecule has 0 bridgehead atoms. The third-order valence-corrected chi connectivity index (χ3v) is 6.15. The Morgan fingerprint density at radius 3 is 2.44 bits per heavy atom. The van der Waals surface area contributed by atoms with Crippen LogP contribution in [0, 0.1) is 12.7 Å². The van der Waals surface area contributed by atoms with Gasteiger partial charge in [0.05, 0.1) is 23.5 Å². The summed E-state index contributed by atoms with van der Waals surface area (Å²) in [5.41, 5.74) is 2.85. The maximum Gasteiger partial charge on any atom is 0.329 e. The Bertz CT molecular complexity index is 1590. The molecular formula is C27H20ClFN4O3. The summed E-state index contributed by atoms with van der Waals surface area (Å²) in [6, 6.07) is 19.3. The van der Waals surface area contributed by atoms with Gasteiger partial charge in [-0.3, -0.25) is 19.6 Å². The lowest BCUT2D eigenvalue weighted by molar-refractivity contribution is -0.123. The zero-order valence-electron chi connectivity index (χ0n) is 19.1. The van der Waals surface area contributed by atoms with Crippen LogP contribution in [0.25, 0.3) is 23.0 Å². The summed E-state index contributed by atoms with van der Waals surface area (Å²) in [7, 11) is 0. The molecule has 0 spiro atoms. The highest BCUT2D eigenvalue weighted by molar-refractivity contribution is 6.30. The second-order valence-electron chi connectivity index (χ2n) is 8.34. The first kappa shape index (κ1) is 23.3. The number of aryl methyl sites for hydroxylation is 1. The fourth-order valence-corrected chi connectivity index (χ4v) is 4.21. The molecule has 9 heteroatoms. The Hall–Kier alpha value is -4.43. The quantitative estimate of drug-likeness (QED) is 0.296. The van der Waals surface area contributed by atoms with Crippen molar-refractivity contribution in [3.8, 4) is 16.9 Å². The van der Waals surface area contributed by atoms with E-state index in [0.717, 1.165) is 10.5 Å². The van der Waals surface area contributed by atoms with Crippen molar-refractivity contribution in [1.82, 2.24) is 20.0 Å². The number of nitrogens with zero attached hydrogens (tertiary/aromatic N) is 2. The van der Waals surface area contributed by atoms with Gasteiger partial charge in [0.1, 0.15) is 11.5 Å². The van der Waals surface area contributed by atoms with Crippen molar-refractivity contribution >= 4 is 29.6 Å². The molecule has 0 saturated carbocycles. The SMILES string of the molecule is Cc1ccccc1-n1[nH]c(-c2ccc(Cl)cc2)c(C=C2NC(=O)N(Cc3cccc(F)c3)C2=O)c1=O. The summed E-state index contributed by atoms with van der Waals surface area (Å²) < 4.78 is 15.0. The second kappa shape index (κ2) is 9.31. The molecule has 2 heterocycles. The van der Waals surface area contributed by atoms with E-state index in [1.165, 1.54) is 29.0 Å². The number of carbonyl (C=O) groups excluding carboxylic acids is 2. The van der Waals surface area contributed by atoms with Crippen LogP contribution in [-0.4, -0.2) is 26.6 Å². The minimum atomic E-state index is -0.654. The first-order valence-corrected chi connectivity index (χ1v) is 11.5. The summed E-state index contributed by atoms with van der Waals surface area (Å²) in [6.07, 6.45) is 1.36. The van der Waals surface area contributed by atoms with E-state index in [4.69, 9.17) is 11.6 Å². The van der Waals surface area contributed by atoms with E-state index in [1.54, 1.807) is 36.4 Å². The molecule has 0 aliphatic carbocycles. The van der Waals surface area contributed by atoms with E-state index in [1.807, 2.05) is 25.1 Å². The van der Waals surface area contributed by atoms with Crippen molar-refractivity contribution < 1.29 is 14.0 Å². The lowest BCUT2D eigenvalue weighted by atomic mass is 10.1. The molecule has 180 valence electrons. The first-order valence-electron chi connectivity index (χ1n) is 11.1. The van der Waals surface area contributed by atoms with Gasteiger partial charge in [0.15, 0.2) is 0 Å². The van der Waals surface area contributed by atoms with Crippen LogP contribution < -0.4 is 10.9 Å². The predicted octanol–water partition coefficient (Wildman–Crippen LogP) is 5.03. The number of para-hydroxylation sites is 1. The maximum atomic E-state index is 13.6. The molecule has 2 N–H and O–H groups in total. The van der Waals surface area contributed by atoms with Crippen molar-refractivity contribution in [2.24, 2.45) is 0 Å². The second-order valence-corrected chi connectivity index (χ2v) is 8.78. The maximum absolute atomic E-state index is 13.6. The van der Waals surface area contributed by atoms with Crippen LogP contribution in [0.1, 0.15) is 16.7 Å². The number of nitrogens with one attached hydrogen (secondary N) is 2. The summed E-state index contributed by atoms with van der Waals surface area (Å²) in [6.45, 7) is 1.78. The Morgan fingerprint density at radius 2 is 1.72 bits per heavy atom. The number of carbonyl (C=O) groups is 2. The number of H-pyrrole nitrogens is 1. The molecule has 0 unspecified atom stereocenters. The van der Waals surface area contributed by atoms with Crippen LogP contribution in [-0.2, 0) is 11.3 Å². The minimum Gasteiger partial charge on any atom is -0.303 e. The van der Waals surface area contributed by atoms with E-state index in [0.29, 0.717) is 27.5 Å². The first-order chi connectivity index (χ1) is 17.3. The van der Waals surface area contributed by atoms with Gasteiger partial charge in [-0.05, 0) is 54.5 Å². The van der Waals surface area contributed by atoms with Gasteiger partial charge in [-0.2, -0.15) is 0 Å². The standard InChI is InChI=1S/C27H20ClFN4O3/c1-16-5-2-3-8-23(16)33-25(34)21(24(31-33)18-9-11-19(28)12-10-18)14-22-26(35)32(27(36)30-22)15-17-6-4-7-20(29)13-17/h2-14,31H,15H2,1H3,(H,30,36). The molecule has 1 aliphatic heterocycles. The Labute approximate surface area is 210 Å². The number of benzene rings is 3. The van der Waals surface area contributed by atoms with Gasteiger partial charge >= 0.3 is 6.03 Å². The van der Waals surface area contributed by atoms with Crippen LogP contribution >= 0.6 is 11.6 Å². The van der Waals surface area contributed by atoms with Gasteiger partial charge in [-0.1, -0.05) is 54.1 Å². The smallest absolute Gasteiger partial charge is 0.303 e.